The van der Waals surface area contributed by atoms with Gasteiger partial charge in [-0.2, -0.15) is 0 Å². The Kier molecular flexibility index (Phi) is 6.18. The number of nitrogens with zero attached hydrogens (tertiary/aromatic N) is 2. The average Bonchev–Trinajstić information content (AvgIpc) is 3.22. The smallest absolute Gasteiger partial charge is 0.335 e. The first kappa shape index (κ1) is 23.2. The van der Waals surface area contributed by atoms with Crippen LogP contribution in [-0.4, -0.2) is 32.5 Å². The molecule has 0 saturated heterocycles. The third kappa shape index (κ3) is 4.42. The zero-order valence-corrected chi connectivity index (χ0v) is 20.0. The lowest BCUT2D eigenvalue weighted by Gasteiger charge is -2.07. The van der Waals surface area contributed by atoms with Gasteiger partial charge in [0.15, 0.2) is 11.4 Å². The molecule has 0 saturated carbocycles. The van der Waals surface area contributed by atoms with Crippen LogP contribution in [0.25, 0.3) is 33.2 Å². The molecule has 0 radical (unpaired) electrons. The summed E-state index contributed by atoms with van der Waals surface area (Å²) in [7, 11) is 0. The summed E-state index contributed by atoms with van der Waals surface area (Å²) in [5, 5.41) is 39.7. The molecular weight excluding hydrogens is 474 g/mol. The largest absolute Gasteiger partial charge is 0.505 e. The van der Waals surface area contributed by atoms with Crippen molar-refractivity contribution in [3.8, 4) is 33.9 Å². The van der Waals surface area contributed by atoms with Crippen LogP contribution in [0.2, 0.25) is 0 Å². The van der Waals surface area contributed by atoms with Crippen molar-refractivity contribution >= 4 is 40.0 Å². The first-order chi connectivity index (χ1) is 17.4. The minimum absolute atomic E-state index is 0.113. The van der Waals surface area contributed by atoms with E-state index in [9.17, 15) is 20.1 Å². The molecule has 0 fully saturated rings. The molecule has 0 spiro atoms. The molecule has 36 heavy (non-hydrogen) atoms. The van der Waals surface area contributed by atoms with Gasteiger partial charge in [-0.1, -0.05) is 42.5 Å². The fourth-order valence-corrected chi connectivity index (χ4v) is 4.41. The number of rotatable bonds is 6. The minimum atomic E-state index is -1.05. The first-order valence-electron chi connectivity index (χ1n) is 11.0. The maximum atomic E-state index is 11.3. The van der Waals surface area contributed by atoms with E-state index in [2.05, 4.69) is 39.5 Å². The van der Waals surface area contributed by atoms with Gasteiger partial charge in [0.1, 0.15) is 5.69 Å². The van der Waals surface area contributed by atoms with Crippen LogP contribution in [-0.2, 0) is 0 Å². The normalized spacial score (nSPS) is 11.4. The second-order valence-corrected chi connectivity index (χ2v) is 8.95. The number of aromatic hydroxyl groups is 2. The van der Waals surface area contributed by atoms with Gasteiger partial charge in [0.25, 0.3) is 0 Å². The number of para-hydroxylation sites is 1. The van der Waals surface area contributed by atoms with Crippen molar-refractivity contribution < 1.29 is 20.1 Å². The highest BCUT2D eigenvalue weighted by Crippen LogP contribution is 2.41. The molecule has 1 heterocycles. The van der Waals surface area contributed by atoms with Crippen LogP contribution in [0.3, 0.4) is 0 Å². The molecule has 7 nitrogen and oxygen atoms in total. The number of benzene rings is 4. The van der Waals surface area contributed by atoms with E-state index in [4.69, 9.17) is 0 Å². The Balaban J connectivity index is 1.48. The highest BCUT2D eigenvalue weighted by atomic mass is 32.2. The van der Waals surface area contributed by atoms with Gasteiger partial charge >= 0.3 is 5.97 Å². The molecular formula is C28H21N3O4S. The van der Waals surface area contributed by atoms with Gasteiger partial charge in [0.05, 0.1) is 11.1 Å². The number of fused-ring (bicyclic) bond motifs is 1. The Hall–Kier alpha value is -4.56. The van der Waals surface area contributed by atoms with Crippen molar-refractivity contribution in [1.29, 1.82) is 0 Å². The lowest BCUT2D eigenvalue weighted by molar-refractivity contribution is 0.0697. The molecule has 0 amide bonds. The number of nitrogens with one attached hydrogen (secondary N) is 1. The summed E-state index contributed by atoms with van der Waals surface area (Å²) < 4.78 is 0. The van der Waals surface area contributed by atoms with Gasteiger partial charge in [-0.25, -0.2) is 4.79 Å². The fraction of sp³-hybridized carbons (Fsp3) is 0.0357. The highest BCUT2D eigenvalue weighted by molar-refractivity contribution is 7.98. The SMILES string of the molecule is CSc1ccc(-c2ccc3c(N=Nc4cccc(-c5cccc(C(=O)O)c5)c4O)c(O)[nH]c3c2)cc1. The van der Waals surface area contributed by atoms with Gasteiger partial charge in [0, 0.05) is 15.8 Å². The van der Waals surface area contributed by atoms with Crippen molar-refractivity contribution in [1.82, 2.24) is 4.98 Å². The summed E-state index contributed by atoms with van der Waals surface area (Å²) >= 11 is 1.68. The number of phenolic OH excluding ortho intramolecular Hbond substituents is 1. The monoisotopic (exact) mass is 495 g/mol. The lowest BCUT2D eigenvalue weighted by atomic mass is 10.0. The highest BCUT2D eigenvalue weighted by Gasteiger charge is 2.14. The third-order valence-corrected chi connectivity index (χ3v) is 6.61. The van der Waals surface area contributed by atoms with Crippen LogP contribution in [0.15, 0.2) is 100 Å². The second kappa shape index (κ2) is 9.59. The molecule has 0 aliphatic rings. The summed E-state index contributed by atoms with van der Waals surface area (Å²) in [6, 6.07) is 25.2. The Bertz CT molecular complexity index is 1620. The number of H-pyrrole nitrogens is 1. The summed E-state index contributed by atoms with van der Waals surface area (Å²) in [6.45, 7) is 0. The molecule has 4 N–H and O–H groups in total. The van der Waals surface area contributed by atoms with E-state index in [1.54, 1.807) is 42.1 Å². The average molecular weight is 496 g/mol. The molecule has 8 heteroatoms. The van der Waals surface area contributed by atoms with Crippen molar-refractivity contribution in [3.05, 3.63) is 90.5 Å². The van der Waals surface area contributed by atoms with Gasteiger partial charge in [0.2, 0.25) is 5.88 Å². The maximum Gasteiger partial charge on any atom is 0.335 e. The number of aromatic amines is 1. The van der Waals surface area contributed by atoms with Crippen LogP contribution in [0.4, 0.5) is 11.4 Å². The molecule has 178 valence electrons. The van der Waals surface area contributed by atoms with E-state index in [0.717, 1.165) is 11.1 Å². The fourth-order valence-electron chi connectivity index (χ4n) is 4.00. The second-order valence-electron chi connectivity index (χ2n) is 8.07. The number of thioether (sulfide) groups is 1. The number of carbonyl (C=O) groups is 1. The van der Waals surface area contributed by atoms with Gasteiger partial charge in [-0.05, 0) is 65.4 Å². The van der Waals surface area contributed by atoms with E-state index in [1.165, 1.54) is 17.0 Å². The Morgan fingerprint density at radius 3 is 2.33 bits per heavy atom. The lowest BCUT2D eigenvalue weighted by Crippen LogP contribution is -1.95. The maximum absolute atomic E-state index is 11.3. The van der Waals surface area contributed by atoms with E-state index >= 15 is 0 Å². The van der Waals surface area contributed by atoms with Gasteiger partial charge in [-0.3, -0.25) is 0 Å². The van der Waals surface area contributed by atoms with Gasteiger partial charge < -0.3 is 20.3 Å². The Labute approximate surface area is 210 Å². The minimum Gasteiger partial charge on any atom is -0.505 e. The number of hydrogen-bond donors (Lipinski definition) is 4. The molecule has 1 aromatic heterocycles. The van der Waals surface area contributed by atoms with Crippen molar-refractivity contribution in [2.75, 3.05) is 6.26 Å². The van der Waals surface area contributed by atoms with Crippen LogP contribution in [0.1, 0.15) is 10.4 Å². The van der Waals surface area contributed by atoms with Gasteiger partial charge in [-0.15, -0.1) is 22.0 Å². The number of carboxylic acid groups (broad SMARTS) is 1. The number of azo groups is 1. The molecule has 0 aliphatic carbocycles. The zero-order chi connectivity index (χ0) is 25.2. The predicted octanol–water partition coefficient (Wildman–Crippen LogP) is 7.75. The first-order valence-corrected chi connectivity index (χ1v) is 12.2. The molecule has 0 atom stereocenters. The predicted molar refractivity (Wildman–Crippen MR) is 142 cm³/mol. The topological polar surface area (TPSA) is 118 Å². The van der Waals surface area contributed by atoms with Crippen molar-refractivity contribution in [2.24, 2.45) is 10.2 Å². The number of aromatic nitrogens is 1. The van der Waals surface area contributed by atoms with Crippen LogP contribution in [0, 0.1) is 0 Å². The van der Waals surface area contributed by atoms with E-state index < -0.39 is 5.97 Å². The summed E-state index contributed by atoms with van der Waals surface area (Å²) in [4.78, 5) is 15.4. The number of carboxylic acids is 1. The van der Waals surface area contributed by atoms with E-state index in [-0.39, 0.29) is 28.6 Å². The third-order valence-electron chi connectivity index (χ3n) is 5.87. The quantitative estimate of drug-likeness (QED) is 0.142. The van der Waals surface area contributed by atoms with Crippen LogP contribution in [0.5, 0.6) is 11.6 Å². The van der Waals surface area contributed by atoms with E-state index in [1.807, 2.05) is 24.5 Å². The summed E-state index contributed by atoms with van der Waals surface area (Å²) in [5.74, 6) is -1.32. The molecule has 4 aromatic carbocycles. The van der Waals surface area contributed by atoms with Crippen LogP contribution >= 0.6 is 11.8 Å². The molecule has 5 rings (SSSR count). The number of hydrogen-bond acceptors (Lipinski definition) is 6. The molecule has 0 aliphatic heterocycles. The summed E-state index contributed by atoms with van der Waals surface area (Å²) in [5.41, 5.74) is 4.28. The molecule has 0 unspecified atom stereocenters. The van der Waals surface area contributed by atoms with Crippen molar-refractivity contribution in [2.45, 2.75) is 4.90 Å². The Morgan fingerprint density at radius 2 is 1.58 bits per heavy atom. The van der Waals surface area contributed by atoms with Crippen LogP contribution < -0.4 is 0 Å². The standard InChI is InChI=1S/C28H21N3O4S/c1-36-20-11-8-16(9-12-20)17-10-13-22-24(15-17)29-27(33)25(22)31-30-23-7-3-6-21(26(23)32)18-4-2-5-19(14-18)28(34)35/h2-15,29,32-33H,1H3,(H,34,35). The number of aromatic carboxylic acids is 1. The molecule has 0 bridgehead atoms. The molecule has 5 aromatic rings. The Morgan fingerprint density at radius 1 is 0.833 bits per heavy atom. The number of phenols is 1. The van der Waals surface area contributed by atoms with Crippen molar-refractivity contribution in [3.63, 3.8) is 0 Å². The van der Waals surface area contributed by atoms with E-state index in [0.29, 0.717) is 22.0 Å². The zero-order valence-electron chi connectivity index (χ0n) is 19.1. The summed E-state index contributed by atoms with van der Waals surface area (Å²) in [6.07, 6.45) is 2.03.